The van der Waals surface area contributed by atoms with Gasteiger partial charge in [-0.15, -0.1) is 0 Å². The lowest BCUT2D eigenvalue weighted by Gasteiger charge is -2.29. The number of amides is 1. The molecule has 27 heavy (non-hydrogen) atoms. The first-order valence-electron chi connectivity index (χ1n) is 9.00. The van der Waals surface area contributed by atoms with Crippen LogP contribution in [-0.2, 0) is 9.47 Å². The predicted octanol–water partition coefficient (Wildman–Crippen LogP) is 2.50. The van der Waals surface area contributed by atoms with E-state index in [0.29, 0.717) is 24.7 Å². The summed E-state index contributed by atoms with van der Waals surface area (Å²) in [6, 6.07) is 9.45. The van der Waals surface area contributed by atoms with E-state index in [0.717, 1.165) is 43.2 Å². The second kappa shape index (κ2) is 9.34. The number of rotatable bonds is 7. The first-order valence-corrected chi connectivity index (χ1v) is 9.00. The van der Waals surface area contributed by atoms with Gasteiger partial charge in [0.25, 0.3) is 5.91 Å². The number of anilines is 2. The molecule has 0 radical (unpaired) electrons. The highest BCUT2D eigenvalue weighted by molar-refractivity contribution is 6.06. The summed E-state index contributed by atoms with van der Waals surface area (Å²) in [5.41, 5.74) is 3.30. The molecule has 2 heterocycles. The van der Waals surface area contributed by atoms with Gasteiger partial charge in [0.05, 0.1) is 19.8 Å². The zero-order valence-corrected chi connectivity index (χ0v) is 15.7. The number of hydrogen-bond acceptors (Lipinski definition) is 6. The Morgan fingerprint density at radius 3 is 2.81 bits per heavy atom. The summed E-state index contributed by atoms with van der Waals surface area (Å²) in [5.74, 6) is 0.0485. The second-order valence-corrected chi connectivity index (χ2v) is 6.25. The summed E-state index contributed by atoms with van der Waals surface area (Å²) in [5, 5.41) is 2.95. The molecular formula is C20H25N3O4. The van der Waals surface area contributed by atoms with Gasteiger partial charge in [0.1, 0.15) is 12.2 Å². The van der Waals surface area contributed by atoms with E-state index in [-0.39, 0.29) is 5.91 Å². The van der Waals surface area contributed by atoms with Gasteiger partial charge in [-0.2, -0.15) is 0 Å². The summed E-state index contributed by atoms with van der Waals surface area (Å²) in [4.78, 5) is 19.2. The third-order valence-corrected chi connectivity index (χ3v) is 4.38. The SMILES string of the molecule is COCCOc1ncccc1C(=O)Nc1ccc(N2CCOCC2)cc1C. The van der Waals surface area contributed by atoms with E-state index in [1.54, 1.807) is 25.4 Å². The van der Waals surface area contributed by atoms with Gasteiger partial charge in [0, 0.05) is 37.8 Å². The monoisotopic (exact) mass is 371 g/mol. The molecule has 0 aliphatic carbocycles. The average Bonchev–Trinajstić information content (AvgIpc) is 2.70. The molecule has 0 atom stereocenters. The number of nitrogens with one attached hydrogen (secondary N) is 1. The molecule has 1 aliphatic heterocycles. The molecule has 1 saturated heterocycles. The lowest BCUT2D eigenvalue weighted by Crippen LogP contribution is -2.36. The molecule has 1 N–H and O–H groups in total. The van der Waals surface area contributed by atoms with Crippen LogP contribution in [0.5, 0.6) is 5.88 Å². The van der Waals surface area contributed by atoms with E-state index in [4.69, 9.17) is 14.2 Å². The second-order valence-electron chi connectivity index (χ2n) is 6.25. The van der Waals surface area contributed by atoms with Gasteiger partial charge in [-0.25, -0.2) is 4.98 Å². The molecule has 2 aromatic rings. The summed E-state index contributed by atoms with van der Waals surface area (Å²) < 4.78 is 15.9. The van der Waals surface area contributed by atoms with Crippen LogP contribution in [0.15, 0.2) is 36.5 Å². The molecule has 1 amide bonds. The van der Waals surface area contributed by atoms with Crippen LogP contribution in [-0.4, -0.2) is 57.5 Å². The van der Waals surface area contributed by atoms with Crippen LogP contribution in [0.25, 0.3) is 0 Å². The minimum absolute atomic E-state index is 0.252. The molecule has 7 heteroatoms. The van der Waals surface area contributed by atoms with Crippen molar-refractivity contribution in [2.24, 2.45) is 0 Å². The summed E-state index contributed by atoms with van der Waals surface area (Å²) in [6.45, 7) is 5.99. The molecule has 1 aliphatic rings. The van der Waals surface area contributed by atoms with Crippen LogP contribution < -0.4 is 15.0 Å². The van der Waals surface area contributed by atoms with Crippen LogP contribution in [0.1, 0.15) is 15.9 Å². The number of nitrogens with zero attached hydrogens (tertiary/aromatic N) is 2. The number of carbonyl (C=O) groups is 1. The predicted molar refractivity (Wildman–Crippen MR) is 104 cm³/mol. The number of methoxy groups -OCH3 is 1. The lowest BCUT2D eigenvalue weighted by atomic mass is 10.1. The highest BCUT2D eigenvalue weighted by Crippen LogP contribution is 2.25. The number of pyridine rings is 1. The molecule has 0 saturated carbocycles. The third kappa shape index (κ3) is 4.96. The molecule has 7 nitrogen and oxygen atoms in total. The fourth-order valence-corrected chi connectivity index (χ4v) is 2.90. The van der Waals surface area contributed by atoms with Gasteiger partial charge in [-0.1, -0.05) is 0 Å². The first kappa shape index (κ1) is 19.1. The van der Waals surface area contributed by atoms with Gasteiger partial charge in [0.15, 0.2) is 0 Å². The summed E-state index contributed by atoms with van der Waals surface area (Å²) >= 11 is 0. The smallest absolute Gasteiger partial charge is 0.261 e. The molecule has 1 aromatic carbocycles. The molecule has 0 unspecified atom stereocenters. The Balaban J connectivity index is 1.70. The van der Waals surface area contributed by atoms with E-state index in [1.165, 1.54) is 0 Å². The van der Waals surface area contributed by atoms with Crippen LogP contribution in [0.3, 0.4) is 0 Å². The van der Waals surface area contributed by atoms with Crippen LogP contribution in [0, 0.1) is 6.92 Å². The number of carbonyl (C=O) groups excluding carboxylic acids is 1. The Morgan fingerprint density at radius 2 is 2.07 bits per heavy atom. The fourth-order valence-electron chi connectivity index (χ4n) is 2.90. The number of morpholine rings is 1. The highest BCUT2D eigenvalue weighted by atomic mass is 16.5. The van der Waals surface area contributed by atoms with Crippen molar-refractivity contribution in [2.75, 3.05) is 56.8 Å². The van der Waals surface area contributed by atoms with Crippen LogP contribution in [0.4, 0.5) is 11.4 Å². The highest BCUT2D eigenvalue weighted by Gasteiger charge is 2.16. The molecular weight excluding hydrogens is 346 g/mol. The minimum atomic E-state index is -0.252. The standard InChI is InChI=1S/C20H25N3O4/c1-15-14-16(23-8-10-26-11-9-23)5-6-18(15)22-19(24)17-4-3-7-21-20(17)27-13-12-25-2/h3-7,14H,8-13H2,1-2H3,(H,22,24). The Bertz CT molecular complexity index is 776. The van der Waals surface area contributed by atoms with E-state index >= 15 is 0 Å². The Kier molecular flexibility index (Phi) is 6.62. The quantitative estimate of drug-likeness (QED) is 0.754. The molecule has 0 bridgehead atoms. The van der Waals surface area contributed by atoms with Gasteiger partial charge in [0.2, 0.25) is 5.88 Å². The van der Waals surface area contributed by atoms with Gasteiger partial charge in [-0.3, -0.25) is 4.79 Å². The van der Waals surface area contributed by atoms with E-state index < -0.39 is 0 Å². The number of aryl methyl sites for hydroxylation is 1. The van der Waals surface area contributed by atoms with Crippen molar-refractivity contribution in [1.29, 1.82) is 0 Å². The minimum Gasteiger partial charge on any atom is -0.475 e. The van der Waals surface area contributed by atoms with E-state index in [2.05, 4.69) is 21.3 Å². The summed E-state index contributed by atoms with van der Waals surface area (Å²) in [7, 11) is 1.60. The van der Waals surface area contributed by atoms with Gasteiger partial charge < -0.3 is 24.4 Å². The lowest BCUT2D eigenvalue weighted by molar-refractivity contribution is 0.101. The summed E-state index contributed by atoms with van der Waals surface area (Å²) in [6.07, 6.45) is 1.60. The maximum Gasteiger partial charge on any atom is 0.261 e. The van der Waals surface area contributed by atoms with Crippen molar-refractivity contribution in [3.05, 3.63) is 47.7 Å². The normalized spacial score (nSPS) is 14.1. The van der Waals surface area contributed by atoms with Crippen molar-refractivity contribution in [3.8, 4) is 5.88 Å². The first-order chi connectivity index (χ1) is 13.2. The van der Waals surface area contributed by atoms with E-state index in [1.807, 2.05) is 19.1 Å². The maximum absolute atomic E-state index is 12.7. The topological polar surface area (TPSA) is 72.9 Å². The van der Waals surface area contributed by atoms with Gasteiger partial charge in [-0.05, 0) is 42.8 Å². The number of aromatic nitrogens is 1. The fraction of sp³-hybridized carbons (Fsp3) is 0.400. The molecule has 3 rings (SSSR count). The Hall–Kier alpha value is -2.64. The Labute approximate surface area is 159 Å². The van der Waals surface area contributed by atoms with E-state index in [9.17, 15) is 4.79 Å². The molecule has 1 fully saturated rings. The van der Waals surface area contributed by atoms with Crippen molar-refractivity contribution in [1.82, 2.24) is 4.98 Å². The van der Waals surface area contributed by atoms with Gasteiger partial charge >= 0.3 is 0 Å². The number of benzene rings is 1. The largest absolute Gasteiger partial charge is 0.475 e. The number of hydrogen-bond donors (Lipinski definition) is 1. The number of ether oxygens (including phenoxy) is 3. The van der Waals surface area contributed by atoms with Crippen molar-refractivity contribution >= 4 is 17.3 Å². The third-order valence-electron chi connectivity index (χ3n) is 4.38. The molecule has 0 spiro atoms. The van der Waals surface area contributed by atoms with Crippen molar-refractivity contribution < 1.29 is 19.0 Å². The molecule has 1 aromatic heterocycles. The van der Waals surface area contributed by atoms with Crippen LogP contribution in [0.2, 0.25) is 0 Å². The van der Waals surface area contributed by atoms with Crippen LogP contribution >= 0.6 is 0 Å². The average molecular weight is 371 g/mol. The van der Waals surface area contributed by atoms with Crippen molar-refractivity contribution in [2.45, 2.75) is 6.92 Å². The molecule has 144 valence electrons. The maximum atomic E-state index is 12.7. The zero-order chi connectivity index (χ0) is 19.1. The zero-order valence-electron chi connectivity index (χ0n) is 15.7. The Morgan fingerprint density at radius 1 is 1.26 bits per heavy atom. The van der Waals surface area contributed by atoms with Crippen molar-refractivity contribution in [3.63, 3.8) is 0 Å².